The molecular weight excluding hydrogens is 408 g/mol. The Kier molecular flexibility index (Phi) is 7.60. The van der Waals surface area contributed by atoms with Crippen LogP contribution in [0.3, 0.4) is 0 Å². The zero-order valence-corrected chi connectivity index (χ0v) is 18.7. The van der Waals surface area contributed by atoms with E-state index in [1.54, 1.807) is 24.3 Å². The topological polar surface area (TPSA) is 66.5 Å². The number of hydrogen-bond acceptors (Lipinski definition) is 3. The second kappa shape index (κ2) is 10.4. The maximum atomic E-state index is 12.8. The number of nitrogens with one attached hydrogen (secondary N) is 1. The van der Waals surface area contributed by atoms with E-state index >= 15 is 0 Å². The van der Waals surface area contributed by atoms with E-state index in [-0.39, 0.29) is 10.8 Å². The van der Waals surface area contributed by atoms with Crippen LogP contribution in [0.25, 0.3) is 0 Å². The van der Waals surface area contributed by atoms with E-state index in [1.165, 1.54) is 4.31 Å². The first-order valence-electron chi connectivity index (χ1n) is 10.4. The summed E-state index contributed by atoms with van der Waals surface area (Å²) in [4.78, 5) is 13.1. The van der Waals surface area contributed by atoms with Crippen molar-refractivity contribution >= 4 is 15.9 Å². The van der Waals surface area contributed by atoms with E-state index in [0.717, 1.165) is 16.7 Å². The molecule has 31 heavy (non-hydrogen) atoms. The molecule has 5 nitrogen and oxygen atoms in total. The van der Waals surface area contributed by atoms with Gasteiger partial charge in [-0.15, -0.1) is 0 Å². The fraction of sp³-hybridized carbons (Fsp3) is 0.240. The zero-order valence-electron chi connectivity index (χ0n) is 17.9. The van der Waals surface area contributed by atoms with Gasteiger partial charge in [-0.05, 0) is 41.3 Å². The second-order valence-corrected chi connectivity index (χ2v) is 9.17. The average molecular weight is 437 g/mol. The van der Waals surface area contributed by atoms with Gasteiger partial charge in [0.05, 0.1) is 4.90 Å². The van der Waals surface area contributed by atoms with E-state index in [2.05, 4.69) is 5.32 Å². The molecule has 0 radical (unpaired) electrons. The van der Waals surface area contributed by atoms with Crippen LogP contribution in [-0.2, 0) is 23.0 Å². The largest absolute Gasteiger partial charge is 0.348 e. The predicted molar refractivity (Wildman–Crippen MR) is 123 cm³/mol. The van der Waals surface area contributed by atoms with Crippen LogP contribution in [0, 0.1) is 0 Å². The Labute approximate surface area is 184 Å². The molecule has 3 aromatic rings. The Balaban J connectivity index is 1.68. The Bertz CT molecular complexity index is 1110. The van der Waals surface area contributed by atoms with E-state index < -0.39 is 10.0 Å². The third-order valence-electron chi connectivity index (χ3n) is 5.22. The fourth-order valence-corrected chi connectivity index (χ4v) is 4.94. The molecule has 1 N–H and O–H groups in total. The lowest BCUT2D eigenvalue weighted by molar-refractivity contribution is 0.0950. The first-order chi connectivity index (χ1) is 15.0. The molecule has 0 aromatic heterocycles. The summed E-state index contributed by atoms with van der Waals surface area (Å²) >= 11 is 0. The van der Waals surface area contributed by atoms with Gasteiger partial charge in [-0.1, -0.05) is 74.5 Å². The van der Waals surface area contributed by atoms with Crippen molar-refractivity contribution in [3.8, 4) is 0 Å². The van der Waals surface area contributed by atoms with Crippen LogP contribution < -0.4 is 5.32 Å². The van der Waals surface area contributed by atoms with Crippen molar-refractivity contribution in [3.63, 3.8) is 0 Å². The summed E-state index contributed by atoms with van der Waals surface area (Å²) < 4.78 is 26.6. The highest BCUT2D eigenvalue weighted by atomic mass is 32.2. The Hall–Kier alpha value is -2.96. The summed E-state index contributed by atoms with van der Waals surface area (Å²) in [5.74, 6) is -0.147. The van der Waals surface area contributed by atoms with Gasteiger partial charge < -0.3 is 5.32 Å². The molecule has 3 rings (SSSR count). The first-order valence-corrected chi connectivity index (χ1v) is 11.9. The summed E-state index contributed by atoms with van der Waals surface area (Å²) in [5, 5.41) is 2.95. The van der Waals surface area contributed by atoms with Crippen LogP contribution in [0.2, 0.25) is 0 Å². The van der Waals surface area contributed by atoms with Crippen molar-refractivity contribution < 1.29 is 13.2 Å². The fourth-order valence-electron chi connectivity index (χ4n) is 3.48. The SMILES string of the molecule is CCN(CC)S(=O)(=O)c1ccc(CNC(=O)c2ccccc2Cc2ccccc2)cc1. The van der Waals surface area contributed by atoms with Crippen LogP contribution in [0.1, 0.15) is 40.9 Å². The highest BCUT2D eigenvalue weighted by Crippen LogP contribution is 2.17. The molecule has 0 bridgehead atoms. The van der Waals surface area contributed by atoms with Crippen molar-refractivity contribution in [1.29, 1.82) is 0 Å². The summed E-state index contributed by atoms with van der Waals surface area (Å²) in [6, 6.07) is 24.3. The van der Waals surface area contributed by atoms with Gasteiger partial charge >= 0.3 is 0 Å². The highest BCUT2D eigenvalue weighted by Gasteiger charge is 2.21. The summed E-state index contributed by atoms with van der Waals surface area (Å²) in [5.41, 5.74) is 3.60. The van der Waals surface area contributed by atoms with Crippen LogP contribution in [0.4, 0.5) is 0 Å². The summed E-state index contributed by atoms with van der Waals surface area (Å²) in [6.07, 6.45) is 0.683. The highest BCUT2D eigenvalue weighted by molar-refractivity contribution is 7.89. The van der Waals surface area contributed by atoms with E-state index in [0.29, 0.717) is 31.6 Å². The van der Waals surface area contributed by atoms with Gasteiger partial charge in [0.25, 0.3) is 5.91 Å². The van der Waals surface area contributed by atoms with Crippen molar-refractivity contribution in [2.75, 3.05) is 13.1 Å². The number of amides is 1. The molecule has 0 atom stereocenters. The van der Waals surface area contributed by atoms with Gasteiger partial charge in [-0.25, -0.2) is 8.42 Å². The van der Waals surface area contributed by atoms with Gasteiger partial charge in [0.1, 0.15) is 0 Å². The molecule has 0 aliphatic carbocycles. The molecule has 0 fully saturated rings. The minimum absolute atomic E-state index is 0.147. The second-order valence-electron chi connectivity index (χ2n) is 7.24. The van der Waals surface area contributed by atoms with E-state index in [1.807, 2.05) is 68.4 Å². The van der Waals surface area contributed by atoms with Crippen LogP contribution in [0.15, 0.2) is 83.8 Å². The molecule has 1 amide bonds. The Morgan fingerprint density at radius 2 is 1.42 bits per heavy atom. The van der Waals surface area contributed by atoms with E-state index in [9.17, 15) is 13.2 Å². The number of sulfonamides is 1. The van der Waals surface area contributed by atoms with Gasteiger partial charge in [-0.3, -0.25) is 4.79 Å². The smallest absolute Gasteiger partial charge is 0.251 e. The van der Waals surface area contributed by atoms with Crippen molar-refractivity contribution in [2.24, 2.45) is 0 Å². The van der Waals surface area contributed by atoms with Gasteiger partial charge in [-0.2, -0.15) is 4.31 Å². The standard InChI is InChI=1S/C25H28N2O3S/c1-3-27(4-2)31(29,30)23-16-14-21(15-17-23)19-26-25(28)24-13-9-8-12-22(24)18-20-10-6-5-7-11-20/h5-17H,3-4,18-19H2,1-2H3,(H,26,28). The minimum atomic E-state index is -3.48. The molecule has 162 valence electrons. The van der Waals surface area contributed by atoms with Crippen LogP contribution >= 0.6 is 0 Å². The summed E-state index contributed by atoms with van der Waals surface area (Å²) in [7, 11) is -3.48. The Morgan fingerprint density at radius 1 is 0.806 bits per heavy atom. The number of carbonyl (C=O) groups excluding carboxylic acids is 1. The zero-order chi connectivity index (χ0) is 22.3. The molecule has 0 aliphatic heterocycles. The number of hydrogen-bond donors (Lipinski definition) is 1. The van der Waals surface area contributed by atoms with Crippen molar-refractivity contribution in [1.82, 2.24) is 9.62 Å². The molecule has 0 spiro atoms. The van der Waals surface area contributed by atoms with Gasteiger partial charge in [0, 0.05) is 25.2 Å². The number of nitrogens with zero attached hydrogens (tertiary/aromatic N) is 1. The molecule has 0 saturated heterocycles. The molecule has 6 heteroatoms. The molecule has 0 unspecified atom stereocenters. The molecule has 0 aliphatic rings. The van der Waals surface area contributed by atoms with Crippen LogP contribution in [-0.4, -0.2) is 31.7 Å². The minimum Gasteiger partial charge on any atom is -0.348 e. The number of carbonyl (C=O) groups is 1. The van der Waals surface area contributed by atoms with Crippen LogP contribution in [0.5, 0.6) is 0 Å². The maximum Gasteiger partial charge on any atom is 0.251 e. The lowest BCUT2D eigenvalue weighted by Crippen LogP contribution is -2.30. The molecule has 3 aromatic carbocycles. The third kappa shape index (κ3) is 5.60. The van der Waals surface area contributed by atoms with Crippen molar-refractivity contribution in [3.05, 3.63) is 101 Å². The maximum absolute atomic E-state index is 12.8. The summed E-state index contributed by atoms with van der Waals surface area (Å²) in [6.45, 7) is 4.82. The lowest BCUT2D eigenvalue weighted by Gasteiger charge is -2.18. The monoisotopic (exact) mass is 436 g/mol. The average Bonchev–Trinajstić information content (AvgIpc) is 2.79. The predicted octanol–water partition coefficient (Wildman–Crippen LogP) is 4.24. The van der Waals surface area contributed by atoms with E-state index in [4.69, 9.17) is 0 Å². The molecule has 0 saturated carbocycles. The quantitative estimate of drug-likeness (QED) is 0.546. The first kappa shape index (κ1) is 22.7. The number of benzene rings is 3. The normalized spacial score (nSPS) is 11.5. The molecular formula is C25H28N2O3S. The number of rotatable bonds is 9. The Morgan fingerprint density at radius 3 is 2.06 bits per heavy atom. The third-order valence-corrected chi connectivity index (χ3v) is 7.28. The molecule has 0 heterocycles. The lowest BCUT2D eigenvalue weighted by atomic mass is 9.99. The van der Waals surface area contributed by atoms with Gasteiger partial charge in [0.2, 0.25) is 10.0 Å². The van der Waals surface area contributed by atoms with Gasteiger partial charge in [0.15, 0.2) is 0 Å². The van der Waals surface area contributed by atoms with Crippen molar-refractivity contribution in [2.45, 2.75) is 31.7 Å².